The number of benzene rings is 1. The SMILES string of the molecule is CC1(C)CCCC(C(=O)Nc2cc(C(=O)O)ccc2F)C1. The summed E-state index contributed by atoms with van der Waals surface area (Å²) in [5, 5.41) is 11.5. The minimum absolute atomic E-state index is 0.0457. The average molecular weight is 293 g/mol. The molecule has 21 heavy (non-hydrogen) atoms. The van der Waals surface area contributed by atoms with Gasteiger partial charge in [-0.2, -0.15) is 0 Å². The van der Waals surface area contributed by atoms with Crippen LogP contribution < -0.4 is 5.32 Å². The van der Waals surface area contributed by atoms with Gasteiger partial charge in [-0.1, -0.05) is 20.3 Å². The summed E-state index contributed by atoms with van der Waals surface area (Å²) in [6.45, 7) is 4.25. The molecule has 0 spiro atoms. The third kappa shape index (κ3) is 3.80. The van der Waals surface area contributed by atoms with E-state index in [4.69, 9.17) is 5.11 Å². The molecule has 4 nitrogen and oxygen atoms in total. The third-order valence-electron chi connectivity index (χ3n) is 4.05. The van der Waals surface area contributed by atoms with Crippen LogP contribution in [0.4, 0.5) is 10.1 Å². The molecule has 5 heteroatoms. The van der Waals surface area contributed by atoms with Crippen molar-refractivity contribution in [1.29, 1.82) is 0 Å². The standard InChI is InChI=1S/C16H20FNO3/c1-16(2)7-3-4-11(9-16)14(19)18-13-8-10(15(20)21)5-6-12(13)17/h5-6,8,11H,3-4,7,9H2,1-2H3,(H,18,19)(H,20,21). The predicted octanol–water partition coefficient (Wildman–Crippen LogP) is 3.68. The first-order valence-electron chi connectivity index (χ1n) is 7.12. The fraction of sp³-hybridized carbons (Fsp3) is 0.500. The molecule has 0 radical (unpaired) electrons. The van der Waals surface area contributed by atoms with Gasteiger partial charge in [0.25, 0.3) is 0 Å². The molecule has 1 atom stereocenters. The Morgan fingerprint density at radius 1 is 1.38 bits per heavy atom. The van der Waals surface area contributed by atoms with Crippen LogP contribution in [0.5, 0.6) is 0 Å². The quantitative estimate of drug-likeness (QED) is 0.893. The summed E-state index contributed by atoms with van der Waals surface area (Å²) in [4.78, 5) is 23.2. The Labute approximate surface area is 123 Å². The maximum Gasteiger partial charge on any atom is 0.335 e. The number of halogens is 1. The van der Waals surface area contributed by atoms with Crippen molar-refractivity contribution in [2.45, 2.75) is 39.5 Å². The highest BCUT2D eigenvalue weighted by Crippen LogP contribution is 2.39. The fourth-order valence-electron chi connectivity index (χ4n) is 2.91. The Balaban J connectivity index is 2.12. The lowest BCUT2D eigenvalue weighted by molar-refractivity contribution is -0.122. The zero-order chi connectivity index (χ0) is 15.6. The summed E-state index contributed by atoms with van der Waals surface area (Å²) in [6.07, 6.45) is 3.61. The Morgan fingerprint density at radius 3 is 2.71 bits per heavy atom. The Bertz CT molecular complexity index is 569. The van der Waals surface area contributed by atoms with Crippen LogP contribution in [0.3, 0.4) is 0 Å². The maximum absolute atomic E-state index is 13.7. The van der Waals surface area contributed by atoms with Crippen molar-refractivity contribution in [3.05, 3.63) is 29.6 Å². The van der Waals surface area contributed by atoms with Gasteiger partial charge in [-0.25, -0.2) is 9.18 Å². The summed E-state index contributed by atoms with van der Waals surface area (Å²) < 4.78 is 13.7. The van der Waals surface area contributed by atoms with E-state index >= 15 is 0 Å². The Morgan fingerprint density at radius 2 is 2.10 bits per heavy atom. The van der Waals surface area contributed by atoms with Gasteiger partial charge in [-0.3, -0.25) is 4.79 Å². The molecule has 0 heterocycles. The van der Waals surface area contributed by atoms with E-state index in [1.54, 1.807) is 0 Å². The minimum Gasteiger partial charge on any atom is -0.478 e. The van der Waals surface area contributed by atoms with Gasteiger partial charge in [0.05, 0.1) is 11.3 Å². The number of carboxylic acid groups (broad SMARTS) is 1. The molecule has 0 aliphatic heterocycles. The highest BCUT2D eigenvalue weighted by Gasteiger charge is 2.32. The van der Waals surface area contributed by atoms with Gasteiger partial charge >= 0.3 is 5.97 Å². The molecular weight excluding hydrogens is 273 g/mol. The van der Waals surface area contributed by atoms with Gasteiger partial charge in [0, 0.05) is 5.92 Å². The van der Waals surface area contributed by atoms with Crippen molar-refractivity contribution in [3.63, 3.8) is 0 Å². The van der Waals surface area contributed by atoms with E-state index < -0.39 is 11.8 Å². The summed E-state index contributed by atoms with van der Waals surface area (Å²) in [7, 11) is 0. The zero-order valence-corrected chi connectivity index (χ0v) is 12.3. The van der Waals surface area contributed by atoms with Gasteiger partial charge in [-0.05, 0) is 42.9 Å². The van der Waals surface area contributed by atoms with E-state index in [1.165, 1.54) is 6.07 Å². The van der Waals surface area contributed by atoms with Crippen molar-refractivity contribution in [3.8, 4) is 0 Å². The van der Waals surface area contributed by atoms with Crippen LogP contribution in [0, 0.1) is 17.2 Å². The minimum atomic E-state index is -1.15. The molecule has 0 aromatic heterocycles. The van der Waals surface area contributed by atoms with Crippen LogP contribution in [-0.4, -0.2) is 17.0 Å². The molecule has 114 valence electrons. The number of carboxylic acids is 1. The monoisotopic (exact) mass is 293 g/mol. The number of aromatic carboxylic acids is 1. The number of amides is 1. The molecule has 1 aliphatic carbocycles. The first kappa shape index (κ1) is 15.5. The molecule has 1 aliphatic rings. The average Bonchev–Trinajstić information content (AvgIpc) is 2.39. The summed E-state index contributed by atoms with van der Waals surface area (Å²) in [5.41, 5.74) is 0.000732. The highest BCUT2D eigenvalue weighted by molar-refractivity contribution is 5.95. The first-order valence-corrected chi connectivity index (χ1v) is 7.12. The number of hydrogen-bond donors (Lipinski definition) is 2. The van der Waals surface area contributed by atoms with Crippen molar-refractivity contribution in [2.75, 3.05) is 5.32 Å². The number of nitrogens with one attached hydrogen (secondary N) is 1. The lowest BCUT2D eigenvalue weighted by Crippen LogP contribution is -2.31. The lowest BCUT2D eigenvalue weighted by atomic mass is 9.72. The van der Waals surface area contributed by atoms with E-state index in [1.807, 2.05) is 0 Å². The molecule has 1 aromatic carbocycles. The third-order valence-corrected chi connectivity index (χ3v) is 4.05. The second-order valence-electron chi connectivity index (χ2n) is 6.45. The molecule has 2 N–H and O–H groups in total. The van der Waals surface area contributed by atoms with Crippen LogP contribution in [0.15, 0.2) is 18.2 Å². The van der Waals surface area contributed by atoms with E-state index in [0.29, 0.717) is 0 Å². The summed E-state index contributed by atoms with van der Waals surface area (Å²) in [5.74, 6) is -2.15. The molecule has 1 fully saturated rings. The molecule has 1 saturated carbocycles. The maximum atomic E-state index is 13.7. The number of hydrogen-bond acceptors (Lipinski definition) is 2. The Hall–Kier alpha value is -1.91. The molecule has 0 bridgehead atoms. The van der Waals surface area contributed by atoms with Crippen molar-refractivity contribution in [2.24, 2.45) is 11.3 Å². The number of rotatable bonds is 3. The van der Waals surface area contributed by atoms with Gasteiger partial charge in [0.1, 0.15) is 5.82 Å². The molecule has 1 unspecified atom stereocenters. The Kier molecular flexibility index (Phi) is 4.30. The van der Waals surface area contributed by atoms with Crippen LogP contribution in [0.1, 0.15) is 49.9 Å². The number of carbonyl (C=O) groups excluding carboxylic acids is 1. The topological polar surface area (TPSA) is 66.4 Å². The summed E-state index contributed by atoms with van der Waals surface area (Å²) >= 11 is 0. The van der Waals surface area contributed by atoms with Crippen molar-refractivity contribution in [1.82, 2.24) is 0 Å². The van der Waals surface area contributed by atoms with Crippen LogP contribution in [0.25, 0.3) is 0 Å². The van der Waals surface area contributed by atoms with Gasteiger partial charge in [0.2, 0.25) is 5.91 Å². The second kappa shape index (κ2) is 5.84. The molecule has 1 amide bonds. The van der Waals surface area contributed by atoms with E-state index in [-0.39, 0.29) is 28.5 Å². The smallest absolute Gasteiger partial charge is 0.335 e. The molecule has 1 aromatic rings. The van der Waals surface area contributed by atoms with Gasteiger partial charge in [-0.15, -0.1) is 0 Å². The van der Waals surface area contributed by atoms with E-state index in [0.717, 1.165) is 37.8 Å². The molecule has 2 rings (SSSR count). The van der Waals surface area contributed by atoms with Gasteiger partial charge < -0.3 is 10.4 Å². The lowest BCUT2D eigenvalue weighted by Gasteiger charge is -2.34. The summed E-state index contributed by atoms with van der Waals surface area (Å²) in [6, 6.07) is 3.39. The zero-order valence-electron chi connectivity index (χ0n) is 12.3. The van der Waals surface area contributed by atoms with Crippen molar-refractivity contribution >= 4 is 17.6 Å². The van der Waals surface area contributed by atoms with Crippen LogP contribution in [-0.2, 0) is 4.79 Å². The van der Waals surface area contributed by atoms with Crippen molar-refractivity contribution < 1.29 is 19.1 Å². The van der Waals surface area contributed by atoms with Crippen LogP contribution in [0.2, 0.25) is 0 Å². The normalized spacial score (nSPS) is 20.8. The fourth-order valence-corrected chi connectivity index (χ4v) is 2.91. The number of anilines is 1. The van der Waals surface area contributed by atoms with E-state index in [2.05, 4.69) is 19.2 Å². The number of carbonyl (C=O) groups is 2. The van der Waals surface area contributed by atoms with E-state index in [9.17, 15) is 14.0 Å². The van der Waals surface area contributed by atoms with Crippen LogP contribution >= 0.6 is 0 Å². The van der Waals surface area contributed by atoms with Gasteiger partial charge in [0.15, 0.2) is 0 Å². The predicted molar refractivity (Wildman–Crippen MR) is 77.7 cm³/mol. The largest absolute Gasteiger partial charge is 0.478 e. The first-order chi connectivity index (χ1) is 9.78. The molecular formula is C16H20FNO3. The highest BCUT2D eigenvalue weighted by atomic mass is 19.1. The second-order valence-corrected chi connectivity index (χ2v) is 6.45. The molecule has 0 saturated heterocycles.